The van der Waals surface area contributed by atoms with Crippen LogP contribution in [0.3, 0.4) is 0 Å². The van der Waals surface area contributed by atoms with Gasteiger partial charge in [-0.15, -0.1) is 0 Å². The normalized spacial score (nSPS) is 20.5. The van der Waals surface area contributed by atoms with Crippen LogP contribution in [0.15, 0.2) is 33.7 Å². The molecule has 2 aliphatic rings. The largest absolute Gasteiger partial charge is 0.355 e. The first-order valence-corrected chi connectivity index (χ1v) is 11.5. The molecule has 1 amide bonds. The van der Waals surface area contributed by atoms with Crippen LogP contribution in [0.2, 0.25) is 0 Å². The Labute approximate surface area is 175 Å². The second-order valence-electron chi connectivity index (χ2n) is 7.80. The van der Waals surface area contributed by atoms with Crippen LogP contribution < -0.4 is 5.32 Å². The number of aromatic nitrogens is 1. The van der Waals surface area contributed by atoms with Gasteiger partial charge in [-0.1, -0.05) is 23.4 Å². The Kier molecular flexibility index (Phi) is 5.75. The lowest BCUT2D eigenvalue weighted by Crippen LogP contribution is -2.46. The van der Waals surface area contributed by atoms with E-state index in [4.69, 9.17) is 4.52 Å². The molecular weight excluding hydrogens is 409 g/mol. The molecule has 2 heterocycles. The summed E-state index contributed by atoms with van der Waals surface area (Å²) in [6, 6.07) is 6.40. The molecule has 1 unspecified atom stereocenters. The number of hydrogen-bond acceptors (Lipinski definition) is 5. The van der Waals surface area contributed by atoms with Gasteiger partial charge in [0, 0.05) is 24.7 Å². The first-order valence-electron chi connectivity index (χ1n) is 10.1. The van der Waals surface area contributed by atoms with Crippen LogP contribution in [0.5, 0.6) is 0 Å². The zero-order valence-electron chi connectivity index (χ0n) is 16.7. The maximum Gasteiger partial charge on any atom is 0.248 e. The highest BCUT2D eigenvalue weighted by Crippen LogP contribution is 2.30. The molecule has 1 aliphatic carbocycles. The third-order valence-electron chi connectivity index (χ3n) is 5.43. The molecule has 1 saturated carbocycles. The summed E-state index contributed by atoms with van der Waals surface area (Å²) in [5.74, 6) is -0.832. The van der Waals surface area contributed by atoms with Crippen molar-refractivity contribution < 1.29 is 22.1 Å². The number of rotatable bonds is 6. The highest BCUT2D eigenvalue weighted by molar-refractivity contribution is 7.89. The zero-order valence-corrected chi connectivity index (χ0v) is 17.5. The maximum absolute atomic E-state index is 13.9. The maximum atomic E-state index is 13.9. The fourth-order valence-electron chi connectivity index (χ4n) is 3.63. The Morgan fingerprint density at radius 2 is 2.03 bits per heavy atom. The molecule has 9 heteroatoms. The van der Waals surface area contributed by atoms with Gasteiger partial charge in [-0.05, 0) is 50.8 Å². The molecule has 30 heavy (non-hydrogen) atoms. The molecule has 1 atom stereocenters. The molecule has 0 spiro atoms. The molecule has 2 aromatic rings. The van der Waals surface area contributed by atoms with Gasteiger partial charge < -0.3 is 9.84 Å². The van der Waals surface area contributed by atoms with Crippen molar-refractivity contribution in [1.82, 2.24) is 14.8 Å². The average Bonchev–Trinajstić information content (AvgIpc) is 3.46. The molecule has 1 saturated heterocycles. The number of hydrogen-bond donors (Lipinski definition) is 1. The SMILES string of the molecule is Cc1noc(C=Cc2ccccc2F)c1S(=O)(=O)N1CCCC(C(=O)NC2CC2)C1. The number of halogens is 1. The lowest BCUT2D eigenvalue weighted by atomic mass is 9.99. The van der Waals surface area contributed by atoms with E-state index in [1.165, 1.54) is 22.5 Å². The fourth-order valence-corrected chi connectivity index (χ4v) is 5.40. The summed E-state index contributed by atoms with van der Waals surface area (Å²) in [4.78, 5) is 12.4. The Bertz CT molecular complexity index is 1080. The molecule has 7 nitrogen and oxygen atoms in total. The van der Waals surface area contributed by atoms with Crippen LogP contribution in [0.1, 0.15) is 42.7 Å². The zero-order chi connectivity index (χ0) is 21.3. The predicted molar refractivity (Wildman–Crippen MR) is 109 cm³/mol. The van der Waals surface area contributed by atoms with Crippen molar-refractivity contribution in [2.75, 3.05) is 13.1 Å². The van der Waals surface area contributed by atoms with Gasteiger partial charge in [0.25, 0.3) is 0 Å². The van der Waals surface area contributed by atoms with E-state index in [9.17, 15) is 17.6 Å². The van der Waals surface area contributed by atoms with Gasteiger partial charge in [0.1, 0.15) is 11.5 Å². The molecule has 1 aliphatic heterocycles. The van der Waals surface area contributed by atoms with E-state index in [2.05, 4.69) is 10.5 Å². The van der Waals surface area contributed by atoms with Crippen LogP contribution in [-0.2, 0) is 14.8 Å². The first kappa shape index (κ1) is 20.7. The molecule has 4 rings (SSSR count). The fraction of sp³-hybridized carbons (Fsp3) is 0.429. The lowest BCUT2D eigenvalue weighted by molar-refractivity contribution is -0.126. The summed E-state index contributed by atoms with van der Waals surface area (Å²) in [6.45, 7) is 2.01. The van der Waals surface area contributed by atoms with Crippen LogP contribution in [0, 0.1) is 18.7 Å². The Morgan fingerprint density at radius 1 is 1.27 bits per heavy atom. The summed E-state index contributed by atoms with van der Waals surface area (Å²) in [5, 5.41) is 6.77. The number of amides is 1. The summed E-state index contributed by atoms with van der Waals surface area (Å²) in [6.07, 6.45) is 6.10. The van der Waals surface area contributed by atoms with Crippen molar-refractivity contribution >= 4 is 28.1 Å². The summed E-state index contributed by atoms with van der Waals surface area (Å²) < 4.78 is 47.1. The van der Waals surface area contributed by atoms with E-state index < -0.39 is 15.8 Å². The minimum absolute atomic E-state index is 0.0420. The van der Waals surface area contributed by atoms with E-state index in [1.54, 1.807) is 25.1 Å². The summed E-state index contributed by atoms with van der Waals surface area (Å²) in [5.41, 5.74) is 0.539. The Morgan fingerprint density at radius 3 is 2.77 bits per heavy atom. The van der Waals surface area contributed by atoms with Crippen molar-refractivity contribution in [2.45, 2.75) is 43.5 Å². The quantitative estimate of drug-likeness (QED) is 0.756. The van der Waals surface area contributed by atoms with E-state index in [0.29, 0.717) is 24.9 Å². The smallest absolute Gasteiger partial charge is 0.248 e. The number of nitrogens with one attached hydrogen (secondary N) is 1. The van der Waals surface area contributed by atoms with Crippen LogP contribution in [-0.4, -0.2) is 42.9 Å². The number of carbonyl (C=O) groups excluding carboxylic acids is 1. The number of sulfonamides is 1. The monoisotopic (exact) mass is 433 g/mol. The molecule has 1 aromatic heterocycles. The highest BCUT2D eigenvalue weighted by Gasteiger charge is 2.37. The topological polar surface area (TPSA) is 92.5 Å². The van der Waals surface area contributed by atoms with Gasteiger partial charge in [-0.2, -0.15) is 4.31 Å². The molecular formula is C21H24FN3O4S. The molecule has 2 fully saturated rings. The minimum atomic E-state index is -3.92. The van der Waals surface area contributed by atoms with E-state index in [-0.39, 0.29) is 40.8 Å². The number of carbonyl (C=O) groups is 1. The van der Waals surface area contributed by atoms with E-state index >= 15 is 0 Å². The molecule has 160 valence electrons. The lowest BCUT2D eigenvalue weighted by Gasteiger charge is -2.31. The van der Waals surface area contributed by atoms with Gasteiger partial charge in [0.2, 0.25) is 15.9 Å². The van der Waals surface area contributed by atoms with Gasteiger partial charge in [0.05, 0.1) is 5.92 Å². The van der Waals surface area contributed by atoms with Crippen molar-refractivity contribution in [2.24, 2.45) is 5.92 Å². The average molecular weight is 434 g/mol. The second-order valence-corrected chi connectivity index (χ2v) is 9.68. The third kappa shape index (κ3) is 4.32. The van der Waals surface area contributed by atoms with Crippen LogP contribution in [0.4, 0.5) is 4.39 Å². The molecule has 1 aromatic carbocycles. The standard InChI is InChI=1S/C21H24FN3O4S/c1-14-20(19(29-24-14)11-8-15-5-2-3-7-18(15)22)30(27,28)25-12-4-6-16(13-25)21(26)23-17-9-10-17/h2-3,5,7-8,11,16-17H,4,6,9-10,12-13H2,1H3,(H,23,26). The van der Waals surface area contributed by atoms with Crippen molar-refractivity contribution in [3.8, 4) is 0 Å². The minimum Gasteiger partial charge on any atom is -0.355 e. The van der Waals surface area contributed by atoms with Gasteiger partial charge in [-0.25, -0.2) is 12.8 Å². The van der Waals surface area contributed by atoms with E-state index in [0.717, 1.165) is 12.8 Å². The second kappa shape index (κ2) is 8.31. The van der Waals surface area contributed by atoms with Crippen LogP contribution in [0.25, 0.3) is 12.2 Å². The first-order chi connectivity index (χ1) is 14.4. The van der Waals surface area contributed by atoms with E-state index in [1.807, 2.05) is 0 Å². The van der Waals surface area contributed by atoms with Crippen LogP contribution >= 0.6 is 0 Å². The number of aryl methyl sites for hydroxylation is 1. The summed E-state index contributed by atoms with van der Waals surface area (Å²) in [7, 11) is -3.92. The molecule has 1 N–H and O–H groups in total. The van der Waals surface area contributed by atoms with Gasteiger partial charge in [-0.3, -0.25) is 4.79 Å². The summed E-state index contributed by atoms with van der Waals surface area (Å²) >= 11 is 0. The molecule has 0 radical (unpaired) electrons. The van der Waals surface area contributed by atoms with Crippen molar-refractivity contribution in [1.29, 1.82) is 0 Å². The third-order valence-corrected chi connectivity index (χ3v) is 7.45. The van der Waals surface area contributed by atoms with Gasteiger partial charge in [0.15, 0.2) is 10.7 Å². The highest BCUT2D eigenvalue weighted by atomic mass is 32.2. The van der Waals surface area contributed by atoms with Crippen molar-refractivity contribution in [3.63, 3.8) is 0 Å². The number of benzene rings is 1. The predicted octanol–water partition coefficient (Wildman–Crippen LogP) is 2.97. The van der Waals surface area contributed by atoms with Crippen molar-refractivity contribution in [3.05, 3.63) is 47.1 Å². The number of nitrogens with zero attached hydrogens (tertiary/aromatic N) is 2. The van der Waals surface area contributed by atoms with Gasteiger partial charge >= 0.3 is 0 Å². The number of piperidine rings is 1. The Hall–Kier alpha value is -2.52. The Balaban J connectivity index is 1.57. The molecule has 0 bridgehead atoms.